The Bertz CT molecular complexity index is 203. The lowest BCUT2D eigenvalue weighted by Gasteiger charge is -2.29. The van der Waals surface area contributed by atoms with Crippen LogP contribution in [0.5, 0.6) is 0 Å². The number of ether oxygens (including phenoxy) is 3. The van der Waals surface area contributed by atoms with E-state index in [0.29, 0.717) is 12.2 Å². The molecule has 0 N–H and O–H groups in total. The van der Waals surface area contributed by atoms with Gasteiger partial charge in [-0.15, -0.1) is 0 Å². The van der Waals surface area contributed by atoms with Gasteiger partial charge in [0, 0.05) is 6.42 Å². The SMILES string of the molecule is C1=COC2(CCC3OC3C2)O1. The van der Waals surface area contributed by atoms with Crippen LogP contribution < -0.4 is 0 Å². The molecule has 2 heterocycles. The summed E-state index contributed by atoms with van der Waals surface area (Å²) in [5.74, 6) is -0.350. The van der Waals surface area contributed by atoms with Gasteiger partial charge in [-0.05, 0) is 6.42 Å². The van der Waals surface area contributed by atoms with E-state index in [4.69, 9.17) is 14.2 Å². The Morgan fingerprint density at radius 1 is 1.18 bits per heavy atom. The molecular weight excluding hydrogens is 144 g/mol. The third-order valence-electron chi connectivity index (χ3n) is 2.63. The van der Waals surface area contributed by atoms with Gasteiger partial charge < -0.3 is 14.2 Å². The minimum atomic E-state index is -0.350. The summed E-state index contributed by atoms with van der Waals surface area (Å²) in [6, 6.07) is 0. The molecule has 2 atom stereocenters. The third-order valence-corrected chi connectivity index (χ3v) is 2.63. The van der Waals surface area contributed by atoms with Gasteiger partial charge in [-0.2, -0.15) is 0 Å². The zero-order valence-corrected chi connectivity index (χ0v) is 6.16. The van der Waals surface area contributed by atoms with Crippen LogP contribution in [0.3, 0.4) is 0 Å². The molecule has 0 aromatic carbocycles. The van der Waals surface area contributed by atoms with Crippen molar-refractivity contribution in [1.29, 1.82) is 0 Å². The molecule has 60 valence electrons. The van der Waals surface area contributed by atoms with E-state index < -0.39 is 0 Å². The first kappa shape index (κ1) is 5.89. The average molecular weight is 154 g/mol. The predicted molar refractivity (Wildman–Crippen MR) is 36.6 cm³/mol. The van der Waals surface area contributed by atoms with E-state index in [1.54, 1.807) is 12.5 Å². The van der Waals surface area contributed by atoms with Crippen LogP contribution in [0.4, 0.5) is 0 Å². The highest BCUT2D eigenvalue weighted by Gasteiger charge is 2.53. The Hall–Kier alpha value is -0.700. The maximum Gasteiger partial charge on any atom is 0.252 e. The fourth-order valence-corrected chi connectivity index (χ4v) is 1.93. The van der Waals surface area contributed by atoms with E-state index in [0.717, 1.165) is 19.3 Å². The van der Waals surface area contributed by atoms with Crippen LogP contribution in [0.25, 0.3) is 0 Å². The number of rotatable bonds is 0. The van der Waals surface area contributed by atoms with E-state index in [1.807, 2.05) is 0 Å². The molecule has 0 bridgehead atoms. The van der Waals surface area contributed by atoms with Gasteiger partial charge in [-0.3, -0.25) is 0 Å². The highest BCUT2D eigenvalue weighted by atomic mass is 16.7. The van der Waals surface area contributed by atoms with Crippen molar-refractivity contribution >= 4 is 0 Å². The van der Waals surface area contributed by atoms with E-state index in [9.17, 15) is 0 Å². The van der Waals surface area contributed by atoms with Crippen LogP contribution in [0.2, 0.25) is 0 Å². The standard InChI is InChI=1S/C8H10O3/c1-2-8(9-3-4-10-8)5-7-6(1)11-7/h3-4,6-7H,1-2,5H2. The summed E-state index contributed by atoms with van der Waals surface area (Å²) in [6.07, 6.45) is 7.10. The fraction of sp³-hybridized carbons (Fsp3) is 0.750. The van der Waals surface area contributed by atoms with Gasteiger partial charge in [0.15, 0.2) is 0 Å². The van der Waals surface area contributed by atoms with Crippen molar-refractivity contribution in [3.63, 3.8) is 0 Å². The van der Waals surface area contributed by atoms with Gasteiger partial charge in [0.05, 0.1) is 18.6 Å². The van der Waals surface area contributed by atoms with Crippen LogP contribution >= 0.6 is 0 Å². The van der Waals surface area contributed by atoms with Gasteiger partial charge in [0.25, 0.3) is 5.79 Å². The Labute approximate surface area is 64.9 Å². The third kappa shape index (κ3) is 0.774. The molecule has 2 unspecified atom stereocenters. The van der Waals surface area contributed by atoms with Crippen molar-refractivity contribution in [2.75, 3.05) is 0 Å². The quantitative estimate of drug-likeness (QED) is 0.490. The Morgan fingerprint density at radius 2 is 2.00 bits per heavy atom. The molecular formula is C8H10O3. The molecule has 0 aromatic rings. The topological polar surface area (TPSA) is 31.0 Å². The van der Waals surface area contributed by atoms with Crippen LogP contribution in [0, 0.1) is 0 Å². The second-order valence-electron chi connectivity index (χ2n) is 3.37. The van der Waals surface area contributed by atoms with Gasteiger partial charge in [-0.25, -0.2) is 0 Å². The number of epoxide rings is 1. The van der Waals surface area contributed by atoms with Crippen LogP contribution in [-0.4, -0.2) is 18.0 Å². The normalized spacial score (nSPS) is 42.9. The largest absolute Gasteiger partial charge is 0.457 e. The molecule has 3 rings (SSSR count). The van der Waals surface area contributed by atoms with E-state index >= 15 is 0 Å². The van der Waals surface area contributed by atoms with Gasteiger partial charge in [-0.1, -0.05) is 0 Å². The first-order chi connectivity index (χ1) is 5.38. The minimum Gasteiger partial charge on any atom is -0.457 e. The number of hydrogen-bond donors (Lipinski definition) is 0. The summed E-state index contributed by atoms with van der Waals surface area (Å²) in [7, 11) is 0. The summed E-state index contributed by atoms with van der Waals surface area (Å²) in [5.41, 5.74) is 0. The monoisotopic (exact) mass is 154 g/mol. The second-order valence-corrected chi connectivity index (χ2v) is 3.37. The van der Waals surface area contributed by atoms with E-state index in [1.165, 1.54) is 0 Å². The highest BCUT2D eigenvalue weighted by Crippen LogP contribution is 2.45. The molecule has 11 heavy (non-hydrogen) atoms. The van der Waals surface area contributed by atoms with Crippen molar-refractivity contribution in [1.82, 2.24) is 0 Å². The maximum absolute atomic E-state index is 5.40. The smallest absolute Gasteiger partial charge is 0.252 e. The average Bonchev–Trinajstić information content (AvgIpc) is 2.63. The zero-order valence-electron chi connectivity index (χ0n) is 6.16. The molecule has 3 nitrogen and oxygen atoms in total. The van der Waals surface area contributed by atoms with Gasteiger partial charge >= 0.3 is 0 Å². The molecule has 1 saturated heterocycles. The summed E-state index contributed by atoms with van der Waals surface area (Å²) >= 11 is 0. The Kier molecular flexibility index (Phi) is 0.921. The molecule has 1 spiro atoms. The predicted octanol–water partition coefficient (Wildman–Crippen LogP) is 1.15. The minimum absolute atomic E-state index is 0.350. The van der Waals surface area contributed by atoms with Crippen molar-refractivity contribution in [3.05, 3.63) is 12.5 Å². The lowest BCUT2D eigenvalue weighted by molar-refractivity contribution is -0.158. The summed E-state index contributed by atoms with van der Waals surface area (Å²) < 4.78 is 16.2. The Balaban J connectivity index is 1.77. The number of hydrogen-bond acceptors (Lipinski definition) is 3. The van der Waals surface area contributed by atoms with Crippen LogP contribution in [0.15, 0.2) is 12.5 Å². The van der Waals surface area contributed by atoms with E-state index in [-0.39, 0.29) is 5.79 Å². The second kappa shape index (κ2) is 1.72. The molecule has 1 aliphatic carbocycles. The number of fused-ring (bicyclic) bond motifs is 1. The first-order valence-electron chi connectivity index (χ1n) is 4.04. The molecule has 0 amide bonds. The molecule has 0 aromatic heterocycles. The van der Waals surface area contributed by atoms with Crippen molar-refractivity contribution in [3.8, 4) is 0 Å². The highest BCUT2D eigenvalue weighted by molar-refractivity contribution is 4.99. The van der Waals surface area contributed by atoms with Crippen molar-refractivity contribution < 1.29 is 14.2 Å². The molecule has 1 saturated carbocycles. The lowest BCUT2D eigenvalue weighted by atomic mass is 9.94. The molecule has 3 heteroatoms. The van der Waals surface area contributed by atoms with Crippen LogP contribution in [-0.2, 0) is 14.2 Å². The van der Waals surface area contributed by atoms with Crippen molar-refractivity contribution in [2.45, 2.75) is 37.3 Å². The van der Waals surface area contributed by atoms with Crippen LogP contribution in [0.1, 0.15) is 19.3 Å². The lowest BCUT2D eigenvalue weighted by Crippen LogP contribution is -2.35. The van der Waals surface area contributed by atoms with Gasteiger partial charge in [0.1, 0.15) is 12.5 Å². The molecule has 3 aliphatic rings. The van der Waals surface area contributed by atoms with Crippen molar-refractivity contribution in [2.24, 2.45) is 0 Å². The molecule has 2 fully saturated rings. The fourth-order valence-electron chi connectivity index (χ4n) is 1.93. The van der Waals surface area contributed by atoms with Gasteiger partial charge in [0.2, 0.25) is 0 Å². The zero-order chi connectivity index (χ0) is 7.31. The Morgan fingerprint density at radius 3 is 2.73 bits per heavy atom. The van der Waals surface area contributed by atoms with E-state index in [2.05, 4.69) is 0 Å². The maximum atomic E-state index is 5.40. The first-order valence-corrected chi connectivity index (χ1v) is 4.04. The summed E-state index contributed by atoms with van der Waals surface area (Å²) in [5, 5.41) is 0. The molecule has 2 aliphatic heterocycles. The summed E-state index contributed by atoms with van der Waals surface area (Å²) in [4.78, 5) is 0. The summed E-state index contributed by atoms with van der Waals surface area (Å²) in [6.45, 7) is 0. The molecule has 0 radical (unpaired) electrons.